The molecule has 8 heteroatoms. The largest absolute Gasteiger partial charge is 0.342 e. The molecule has 0 radical (unpaired) electrons. The molecule has 27 heavy (non-hydrogen) atoms. The topological polar surface area (TPSA) is 86.8 Å². The second-order valence-electron chi connectivity index (χ2n) is 7.18. The fourth-order valence-corrected chi connectivity index (χ4v) is 4.70. The number of hydrogen-bond donors (Lipinski definition) is 1. The number of carbonyl (C=O) groups excluding carboxylic acids is 2. The maximum atomic E-state index is 12.6. The predicted molar refractivity (Wildman–Crippen MR) is 101 cm³/mol. The monoisotopic (exact) mass is 393 g/mol. The van der Waals surface area contributed by atoms with Crippen LogP contribution in [0, 0.1) is 5.92 Å². The van der Waals surface area contributed by atoms with Gasteiger partial charge >= 0.3 is 0 Å². The highest BCUT2D eigenvalue weighted by Gasteiger charge is 2.31. The van der Waals surface area contributed by atoms with Gasteiger partial charge in [-0.05, 0) is 44.2 Å². The third-order valence-electron chi connectivity index (χ3n) is 5.33. The molecule has 2 amide bonds. The zero-order valence-electron chi connectivity index (χ0n) is 15.5. The summed E-state index contributed by atoms with van der Waals surface area (Å²) in [7, 11) is -3.69. The van der Waals surface area contributed by atoms with Gasteiger partial charge in [0, 0.05) is 32.1 Å². The number of rotatable bonds is 5. The highest BCUT2D eigenvalue weighted by Crippen LogP contribution is 2.22. The Kier molecular flexibility index (Phi) is 6.49. The lowest BCUT2D eigenvalue weighted by Gasteiger charge is -2.35. The van der Waals surface area contributed by atoms with Crippen LogP contribution in [-0.4, -0.2) is 62.8 Å². The van der Waals surface area contributed by atoms with Crippen molar-refractivity contribution in [3.8, 4) is 0 Å². The molecule has 0 bridgehead atoms. The summed E-state index contributed by atoms with van der Waals surface area (Å²) in [6, 6.07) is 8.00. The number of amides is 2. The number of benzene rings is 1. The predicted octanol–water partition coefficient (Wildman–Crippen LogP) is 1.22. The summed E-state index contributed by atoms with van der Waals surface area (Å²) >= 11 is 0. The first-order chi connectivity index (χ1) is 13.0. The lowest BCUT2D eigenvalue weighted by molar-refractivity contribution is -0.141. The molecule has 0 spiro atoms. The van der Waals surface area contributed by atoms with Crippen LogP contribution in [0.3, 0.4) is 0 Å². The van der Waals surface area contributed by atoms with Crippen molar-refractivity contribution in [1.29, 1.82) is 0 Å². The lowest BCUT2D eigenvalue weighted by atomic mass is 9.94. The number of nitrogens with zero attached hydrogens (tertiary/aromatic N) is 2. The van der Waals surface area contributed by atoms with Crippen molar-refractivity contribution in [1.82, 2.24) is 14.5 Å². The average molecular weight is 394 g/mol. The Morgan fingerprint density at radius 3 is 2.19 bits per heavy atom. The summed E-state index contributed by atoms with van der Waals surface area (Å²) < 4.78 is 26.8. The van der Waals surface area contributed by atoms with Crippen LogP contribution in [-0.2, 0) is 19.6 Å². The fraction of sp³-hybridized carbons (Fsp3) is 0.579. The Hall–Kier alpha value is -1.93. The fourth-order valence-electron chi connectivity index (χ4n) is 3.70. The van der Waals surface area contributed by atoms with E-state index in [4.69, 9.17) is 0 Å². The second kappa shape index (κ2) is 8.84. The van der Waals surface area contributed by atoms with E-state index in [2.05, 4.69) is 4.72 Å². The highest BCUT2D eigenvalue weighted by molar-refractivity contribution is 7.89. The van der Waals surface area contributed by atoms with Crippen LogP contribution >= 0.6 is 0 Å². The summed E-state index contributed by atoms with van der Waals surface area (Å²) in [5.74, 6) is -0.0573. The molecule has 1 aromatic carbocycles. The minimum absolute atomic E-state index is 0.0202. The van der Waals surface area contributed by atoms with Crippen LogP contribution in [0.25, 0.3) is 0 Å². The second-order valence-corrected chi connectivity index (χ2v) is 8.95. The molecule has 2 aliphatic rings. The number of nitrogens with one attached hydrogen (secondary N) is 1. The molecule has 2 saturated heterocycles. The van der Waals surface area contributed by atoms with Gasteiger partial charge in [-0.3, -0.25) is 9.59 Å². The van der Waals surface area contributed by atoms with Crippen molar-refractivity contribution in [3.05, 3.63) is 30.3 Å². The van der Waals surface area contributed by atoms with Gasteiger partial charge in [-0.15, -0.1) is 0 Å². The summed E-state index contributed by atoms with van der Waals surface area (Å²) in [6.45, 7) is 2.42. The van der Waals surface area contributed by atoms with Crippen LogP contribution in [0.1, 0.15) is 32.1 Å². The van der Waals surface area contributed by atoms with Gasteiger partial charge in [0.15, 0.2) is 0 Å². The standard InChI is InChI=1S/C19H27N3O4S/c23-18(15-20-27(25,26)17-7-3-1-4-8-17)21-13-9-16(10-14-21)19(24)22-11-5-2-6-12-22/h1,3-4,7-8,16,20H,2,5-6,9-15H2. The smallest absolute Gasteiger partial charge is 0.241 e. The van der Waals surface area contributed by atoms with Gasteiger partial charge in [0.25, 0.3) is 0 Å². The molecular weight excluding hydrogens is 366 g/mol. The molecule has 0 atom stereocenters. The number of hydrogen-bond acceptors (Lipinski definition) is 4. The first-order valence-electron chi connectivity index (χ1n) is 9.58. The first-order valence-corrected chi connectivity index (χ1v) is 11.1. The van der Waals surface area contributed by atoms with E-state index in [1.165, 1.54) is 18.6 Å². The van der Waals surface area contributed by atoms with E-state index >= 15 is 0 Å². The zero-order valence-corrected chi connectivity index (χ0v) is 16.3. The van der Waals surface area contributed by atoms with Crippen molar-refractivity contribution >= 4 is 21.8 Å². The molecule has 2 fully saturated rings. The Morgan fingerprint density at radius 1 is 0.926 bits per heavy atom. The quantitative estimate of drug-likeness (QED) is 0.815. The van der Waals surface area contributed by atoms with Crippen molar-refractivity contribution in [2.45, 2.75) is 37.0 Å². The third-order valence-corrected chi connectivity index (χ3v) is 6.75. The van der Waals surface area contributed by atoms with Crippen LogP contribution in [0.4, 0.5) is 0 Å². The Morgan fingerprint density at radius 2 is 1.56 bits per heavy atom. The van der Waals surface area contributed by atoms with Crippen LogP contribution in [0.2, 0.25) is 0 Å². The zero-order chi connectivity index (χ0) is 19.3. The SMILES string of the molecule is O=C(CNS(=O)(=O)c1ccccc1)N1CCC(C(=O)N2CCCCC2)CC1. The van der Waals surface area contributed by atoms with Gasteiger partial charge < -0.3 is 9.80 Å². The normalized spacial score (nSPS) is 19.1. The van der Waals surface area contributed by atoms with Gasteiger partial charge in [0.1, 0.15) is 0 Å². The van der Waals surface area contributed by atoms with E-state index in [-0.39, 0.29) is 29.2 Å². The van der Waals surface area contributed by atoms with E-state index in [1.807, 2.05) is 4.90 Å². The molecular formula is C19H27N3O4S. The maximum absolute atomic E-state index is 12.6. The lowest BCUT2D eigenvalue weighted by Crippen LogP contribution is -2.47. The molecule has 0 aliphatic carbocycles. The number of sulfonamides is 1. The molecule has 3 rings (SSSR count). The van der Waals surface area contributed by atoms with E-state index < -0.39 is 10.0 Å². The average Bonchev–Trinajstić information content (AvgIpc) is 2.73. The van der Waals surface area contributed by atoms with E-state index in [9.17, 15) is 18.0 Å². The summed E-state index contributed by atoms with van der Waals surface area (Å²) in [5.41, 5.74) is 0. The molecule has 0 unspecified atom stereocenters. The summed E-state index contributed by atoms with van der Waals surface area (Å²) in [5, 5.41) is 0. The minimum atomic E-state index is -3.69. The van der Waals surface area contributed by atoms with E-state index in [0.717, 1.165) is 25.9 Å². The van der Waals surface area contributed by atoms with Crippen LogP contribution in [0.15, 0.2) is 35.2 Å². The third kappa shape index (κ3) is 5.07. The van der Waals surface area contributed by atoms with Crippen molar-refractivity contribution in [3.63, 3.8) is 0 Å². The minimum Gasteiger partial charge on any atom is -0.342 e. The molecule has 0 saturated carbocycles. The van der Waals surface area contributed by atoms with Crippen LogP contribution in [0.5, 0.6) is 0 Å². The number of piperidine rings is 2. The molecule has 7 nitrogen and oxygen atoms in total. The molecule has 2 aliphatic heterocycles. The molecule has 1 aromatic rings. The molecule has 2 heterocycles. The van der Waals surface area contributed by atoms with Crippen molar-refractivity contribution < 1.29 is 18.0 Å². The van der Waals surface area contributed by atoms with Gasteiger partial charge in [0.2, 0.25) is 21.8 Å². The first kappa shape index (κ1) is 19.8. The Balaban J connectivity index is 1.46. The maximum Gasteiger partial charge on any atom is 0.241 e. The highest BCUT2D eigenvalue weighted by atomic mass is 32.2. The number of carbonyl (C=O) groups is 2. The Labute approximate surface area is 160 Å². The summed E-state index contributed by atoms with van der Waals surface area (Å²) in [6.07, 6.45) is 4.63. The van der Waals surface area contributed by atoms with Crippen molar-refractivity contribution in [2.24, 2.45) is 5.92 Å². The number of likely N-dealkylation sites (tertiary alicyclic amines) is 2. The van der Waals surface area contributed by atoms with Crippen molar-refractivity contribution in [2.75, 3.05) is 32.7 Å². The van der Waals surface area contributed by atoms with Gasteiger partial charge in [0.05, 0.1) is 11.4 Å². The molecule has 0 aromatic heterocycles. The Bertz CT molecular complexity index is 752. The summed E-state index contributed by atoms with van der Waals surface area (Å²) in [4.78, 5) is 28.7. The van der Waals surface area contributed by atoms with Gasteiger partial charge in [-0.25, -0.2) is 13.1 Å². The van der Waals surface area contributed by atoms with E-state index in [1.54, 1.807) is 23.1 Å². The van der Waals surface area contributed by atoms with Crippen LogP contribution < -0.4 is 4.72 Å². The molecule has 148 valence electrons. The van der Waals surface area contributed by atoms with E-state index in [0.29, 0.717) is 25.9 Å². The van der Waals surface area contributed by atoms with Gasteiger partial charge in [-0.1, -0.05) is 18.2 Å². The molecule has 1 N–H and O–H groups in total. The van der Waals surface area contributed by atoms with Gasteiger partial charge in [-0.2, -0.15) is 0 Å².